The minimum atomic E-state index is 0. The van der Waals surface area contributed by atoms with Crippen LogP contribution in [0.15, 0.2) is 29.3 Å². The van der Waals surface area contributed by atoms with Crippen LogP contribution in [0, 0.1) is 11.8 Å². The average molecular weight is 486 g/mol. The van der Waals surface area contributed by atoms with Crippen molar-refractivity contribution in [2.75, 3.05) is 32.8 Å². The van der Waals surface area contributed by atoms with E-state index in [2.05, 4.69) is 35.1 Å². The molecule has 3 atom stereocenters. The van der Waals surface area contributed by atoms with Crippen molar-refractivity contribution < 1.29 is 4.74 Å². The third kappa shape index (κ3) is 6.82. The van der Waals surface area contributed by atoms with E-state index in [0.717, 1.165) is 37.0 Å². The van der Waals surface area contributed by atoms with Gasteiger partial charge in [0.05, 0.1) is 12.6 Å². The quantitative estimate of drug-likeness (QED) is 0.278. The molecule has 1 aromatic rings. The van der Waals surface area contributed by atoms with Crippen LogP contribution in [0.25, 0.3) is 0 Å². The summed E-state index contributed by atoms with van der Waals surface area (Å²) in [7, 11) is 0. The third-order valence-corrected chi connectivity index (χ3v) is 5.39. The van der Waals surface area contributed by atoms with E-state index in [1.54, 1.807) is 0 Å². The van der Waals surface area contributed by atoms with E-state index in [1.165, 1.54) is 38.0 Å². The number of fused-ring (bicyclic) bond motifs is 1. The van der Waals surface area contributed by atoms with Crippen molar-refractivity contribution in [1.82, 2.24) is 10.2 Å². The molecule has 0 amide bonds. The van der Waals surface area contributed by atoms with Gasteiger partial charge in [-0.25, -0.2) is 0 Å². The maximum absolute atomic E-state index is 6.11. The molecule has 0 saturated carbocycles. The molecule has 0 radical (unpaired) electrons. The number of piperidine rings is 1. The van der Waals surface area contributed by atoms with Gasteiger partial charge in [-0.15, -0.1) is 24.0 Å². The molecule has 3 unspecified atom stereocenters. The van der Waals surface area contributed by atoms with Crippen molar-refractivity contribution in [3.63, 3.8) is 0 Å². The zero-order valence-corrected chi connectivity index (χ0v) is 19.0. The van der Waals surface area contributed by atoms with E-state index in [9.17, 15) is 0 Å². The number of ether oxygens (including phenoxy) is 1. The normalized spacial score (nSPS) is 25.9. The molecule has 3 N–H and O–H groups in total. The van der Waals surface area contributed by atoms with Crippen LogP contribution in [0.1, 0.15) is 51.1 Å². The van der Waals surface area contributed by atoms with Gasteiger partial charge in [-0.1, -0.05) is 32.0 Å². The van der Waals surface area contributed by atoms with Gasteiger partial charge < -0.3 is 20.7 Å². The second kappa shape index (κ2) is 11.1. The van der Waals surface area contributed by atoms with Gasteiger partial charge in [-0.05, 0) is 43.7 Å². The predicted octanol–water partition coefficient (Wildman–Crippen LogP) is 3.79. The molecular formula is C21H35IN4O. The summed E-state index contributed by atoms with van der Waals surface area (Å²) in [5.74, 6) is 3.17. The molecule has 2 aliphatic rings. The lowest BCUT2D eigenvalue weighted by molar-refractivity contribution is 0.139. The molecule has 0 bridgehead atoms. The van der Waals surface area contributed by atoms with Crippen molar-refractivity contribution in [1.29, 1.82) is 0 Å². The highest BCUT2D eigenvalue weighted by Gasteiger charge is 2.22. The predicted molar refractivity (Wildman–Crippen MR) is 123 cm³/mol. The first-order valence-corrected chi connectivity index (χ1v) is 10.1. The number of nitrogens with two attached hydrogens (primary N) is 1. The number of halogens is 1. The Morgan fingerprint density at radius 2 is 1.96 bits per heavy atom. The fraction of sp³-hybridized carbons (Fsp3) is 0.667. The molecule has 2 aliphatic heterocycles. The summed E-state index contributed by atoms with van der Waals surface area (Å²) in [5.41, 5.74) is 7.28. The topological polar surface area (TPSA) is 62.9 Å². The number of aliphatic imine (C=N–C) groups is 1. The molecule has 0 spiro atoms. The molecule has 27 heavy (non-hydrogen) atoms. The van der Waals surface area contributed by atoms with Gasteiger partial charge in [0.25, 0.3) is 0 Å². The summed E-state index contributed by atoms with van der Waals surface area (Å²) in [5, 5.41) is 3.36. The number of rotatable bonds is 6. The van der Waals surface area contributed by atoms with Gasteiger partial charge in [-0.3, -0.25) is 4.99 Å². The second-order valence-corrected chi connectivity index (χ2v) is 8.05. The second-order valence-electron chi connectivity index (χ2n) is 8.05. The number of nitrogens with one attached hydrogen (secondary N) is 1. The fourth-order valence-corrected chi connectivity index (χ4v) is 4.34. The SMILES string of the molecule is CC1CC(C)CN(CCCCN=C(N)NC2CCOc3ccccc32)C1.I. The zero-order chi connectivity index (χ0) is 18.4. The first-order valence-electron chi connectivity index (χ1n) is 10.1. The molecule has 152 valence electrons. The molecule has 0 aromatic heterocycles. The third-order valence-electron chi connectivity index (χ3n) is 5.39. The highest BCUT2D eigenvalue weighted by atomic mass is 127. The fourth-order valence-electron chi connectivity index (χ4n) is 4.34. The maximum Gasteiger partial charge on any atom is 0.189 e. The first-order chi connectivity index (χ1) is 12.6. The lowest BCUT2D eigenvalue weighted by Crippen LogP contribution is -2.39. The first kappa shape index (κ1) is 22.3. The summed E-state index contributed by atoms with van der Waals surface area (Å²) < 4.78 is 5.70. The zero-order valence-electron chi connectivity index (χ0n) is 16.7. The summed E-state index contributed by atoms with van der Waals surface area (Å²) in [6.07, 6.45) is 4.57. The molecule has 1 fully saturated rings. The lowest BCUT2D eigenvalue weighted by Gasteiger charge is -2.34. The van der Waals surface area contributed by atoms with Crippen LogP contribution in [0.5, 0.6) is 5.75 Å². The van der Waals surface area contributed by atoms with Gasteiger partial charge in [0.15, 0.2) is 5.96 Å². The molecule has 0 aliphatic carbocycles. The van der Waals surface area contributed by atoms with Gasteiger partial charge in [0.1, 0.15) is 5.75 Å². The number of benzene rings is 1. The Morgan fingerprint density at radius 3 is 2.74 bits per heavy atom. The standard InChI is InChI=1S/C21H34N4O.HI/c1-16-13-17(2)15-25(14-16)11-6-5-10-23-21(22)24-19-9-12-26-20-8-4-3-7-18(19)20;/h3-4,7-8,16-17,19H,5-6,9-15H2,1-2H3,(H3,22,23,24);1H. The number of hydrogen-bond acceptors (Lipinski definition) is 3. The Labute approximate surface area is 181 Å². The average Bonchev–Trinajstić information content (AvgIpc) is 2.61. The van der Waals surface area contributed by atoms with Gasteiger partial charge in [0, 0.05) is 31.6 Å². The highest BCUT2D eigenvalue weighted by Crippen LogP contribution is 2.31. The summed E-state index contributed by atoms with van der Waals surface area (Å²) in [6.45, 7) is 9.94. The van der Waals surface area contributed by atoms with E-state index < -0.39 is 0 Å². The monoisotopic (exact) mass is 486 g/mol. The number of likely N-dealkylation sites (tertiary alicyclic amines) is 1. The van der Waals surface area contributed by atoms with Crippen molar-refractivity contribution in [3.8, 4) is 5.75 Å². The van der Waals surface area contributed by atoms with Crippen LogP contribution >= 0.6 is 24.0 Å². The van der Waals surface area contributed by atoms with Gasteiger partial charge >= 0.3 is 0 Å². The number of nitrogens with zero attached hydrogens (tertiary/aromatic N) is 2. The molecule has 6 heteroatoms. The smallest absolute Gasteiger partial charge is 0.189 e. The van der Waals surface area contributed by atoms with Gasteiger partial charge in [-0.2, -0.15) is 0 Å². The largest absolute Gasteiger partial charge is 0.493 e. The molecular weight excluding hydrogens is 451 g/mol. The summed E-state index contributed by atoms with van der Waals surface area (Å²) in [4.78, 5) is 7.14. The van der Waals surface area contributed by atoms with Crippen LogP contribution in [-0.2, 0) is 0 Å². The highest BCUT2D eigenvalue weighted by molar-refractivity contribution is 14.0. The Balaban J connectivity index is 0.00000261. The van der Waals surface area contributed by atoms with E-state index in [0.29, 0.717) is 12.6 Å². The minimum Gasteiger partial charge on any atom is -0.493 e. The van der Waals surface area contributed by atoms with Crippen molar-refractivity contribution >= 4 is 29.9 Å². The molecule has 1 saturated heterocycles. The van der Waals surface area contributed by atoms with Crippen molar-refractivity contribution in [2.45, 2.75) is 45.6 Å². The number of unbranched alkanes of at least 4 members (excludes halogenated alkanes) is 1. The molecule has 1 aromatic carbocycles. The van der Waals surface area contributed by atoms with Crippen LogP contribution in [0.2, 0.25) is 0 Å². The Bertz CT molecular complexity index is 600. The van der Waals surface area contributed by atoms with Crippen LogP contribution in [-0.4, -0.2) is 43.6 Å². The Kier molecular flexibility index (Phi) is 9.15. The number of para-hydroxylation sites is 1. The summed E-state index contributed by atoms with van der Waals surface area (Å²) in [6, 6.07) is 8.35. The maximum atomic E-state index is 6.11. The Morgan fingerprint density at radius 1 is 1.22 bits per heavy atom. The van der Waals surface area contributed by atoms with Crippen molar-refractivity contribution in [3.05, 3.63) is 29.8 Å². The molecule has 2 heterocycles. The Hall–Kier alpha value is -1.02. The molecule has 3 rings (SSSR count). The van der Waals surface area contributed by atoms with Crippen LogP contribution in [0.4, 0.5) is 0 Å². The number of guanidine groups is 1. The number of hydrogen-bond donors (Lipinski definition) is 2. The summed E-state index contributed by atoms with van der Waals surface area (Å²) >= 11 is 0. The molecule has 5 nitrogen and oxygen atoms in total. The van der Waals surface area contributed by atoms with E-state index >= 15 is 0 Å². The van der Waals surface area contributed by atoms with Crippen LogP contribution < -0.4 is 15.8 Å². The van der Waals surface area contributed by atoms with E-state index in [4.69, 9.17) is 10.5 Å². The minimum absolute atomic E-state index is 0. The van der Waals surface area contributed by atoms with E-state index in [-0.39, 0.29) is 30.0 Å². The van der Waals surface area contributed by atoms with Crippen molar-refractivity contribution in [2.24, 2.45) is 22.6 Å². The lowest BCUT2D eigenvalue weighted by atomic mass is 9.92. The van der Waals surface area contributed by atoms with E-state index in [1.807, 2.05) is 18.2 Å². The van der Waals surface area contributed by atoms with Crippen LogP contribution in [0.3, 0.4) is 0 Å². The van der Waals surface area contributed by atoms with Gasteiger partial charge in [0.2, 0.25) is 0 Å².